The zero-order chi connectivity index (χ0) is 14.2. The van der Waals surface area contributed by atoms with E-state index in [9.17, 15) is 0 Å². The molecule has 1 unspecified atom stereocenters. The molecule has 0 fully saturated rings. The minimum Gasteiger partial charge on any atom is -0.330 e. The number of rotatable bonds is 10. The number of hydrogen-bond acceptors (Lipinski definition) is 3. The predicted molar refractivity (Wildman–Crippen MR) is 81.9 cm³/mol. The highest BCUT2D eigenvalue weighted by molar-refractivity contribution is 4.72. The number of likely N-dealkylation sites (N-methyl/N-ethyl adjacent to an activating group) is 2. The van der Waals surface area contributed by atoms with Crippen LogP contribution in [0.15, 0.2) is 0 Å². The van der Waals surface area contributed by atoms with E-state index >= 15 is 0 Å². The van der Waals surface area contributed by atoms with Crippen LogP contribution in [-0.4, -0.2) is 56.1 Å². The lowest BCUT2D eigenvalue weighted by Gasteiger charge is -2.31. The van der Waals surface area contributed by atoms with Gasteiger partial charge in [0.25, 0.3) is 0 Å². The second kappa shape index (κ2) is 8.89. The van der Waals surface area contributed by atoms with Gasteiger partial charge in [0.1, 0.15) is 0 Å². The summed E-state index contributed by atoms with van der Waals surface area (Å²) in [5.74, 6) is 0. The van der Waals surface area contributed by atoms with E-state index in [1.165, 1.54) is 19.4 Å². The first kappa shape index (κ1) is 17.9. The summed E-state index contributed by atoms with van der Waals surface area (Å²) in [6.45, 7) is 13.6. The molecule has 0 aliphatic rings. The van der Waals surface area contributed by atoms with E-state index in [0.29, 0.717) is 11.5 Å². The van der Waals surface area contributed by atoms with Crippen molar-refractivity contribution in [3.8, 4) is 0 Å². The van der Waals surface area contributed by atoms with Crippen LogP contribution in [-0.2, 0) is 0 Å². The Morgan fingerprint density at radius 3 is 2.22 bits per heavy atom. The van der Waals surface area contributed by atoms with Crippen LogP contribution >= 0.6 is 0 Å². The van der Waals surface area contributed by atoms with Crippen molar-refractivity contribution in [2.45, 2.75) is 53.0 Å². The highest BCUT2D eigenvalue weighted by Crippen LogP contribution is 2.26. The van der Waals surface area contributed by atoms with Gasteiger partial charge in [-0.1, -0.05) is 20.8 Å². The molecule has 18 heavy (non-hydrogen) atoms. The number of nitrogens with two attached hydrogens (primary N) is 1. The van der Waals surface area contributed by atoms with Gasteiger partial charge in [-0.15, -0.1) is 0 Å². The first-order chi connectivity index (χ1) is 8.32. The Labute approximate surface area is 115 Å². The maximum absolute atomic E-state index is 5.66. The maximum atomic E-state index is 5.66. The van der Waals surface area contributed by atoms with Crippen LogP contribution in [0.5, 0.6) is 0 Å². The topological polar surface area (TPSA) is 32.5 Å². The van der Waals surface area contributed by atoms with E-state index in [2.05, 4.69) is 51.6 Å². The van der Waals surface area contributed by atoms with Crippen LogP contribution in [0.3, 0.4) is 0 Å². The molecule has 0 aliphatic heterocycles. The molecular weight excluding hydrogens is 222 g/mol. The van der Waals surface area contributed by atoms with Crippen molar-refractivity contribution in [2.24, 2.45) is 11.1 Å². The van der Waals surface area contributed by atoms with Crippen molar-refractivity contribution in [3.05, 3.63) is 0 Å². The minimum absolute atomic E-state index is 0.402. The normalized spacial score (nSPS) is 14.5. The van der Waals surface area contributed by atoms with Crippen LogP contribution in [0.25, 0.3) is 0 Å². The third kappa shape index (κ3) is 8.06. The predicted octanol–water partition coefficient (Wildman–Crippen LogP) is 2.41. The molecule has 3 heteroatoms. The van der Waals surface area contributed by atoms with Crippen molar-refractivity contribution in [2.75, 3.05) is 40.3 Å². The van der Waals surface area contributed by atoms with Gasteiger partial charge in [0, 0.05) is 12.6 Å². The molecule has 110 valence electrons. The van der Waals surface area contributed by atoms with E-state index in [4.69, 9.17) is 5.73 Å². The SMILES string of the molecule is CCN(CCCC(C)(C)CCN)C(C)CN(C)C. The average Bonchev–Trinajstić information content (AvgIpc) is 2.23. The fourth-order valence-electron chi connectivity index (χ4n) is 2.61. The molecule has 0 bridgehead atoms. The number of nitrogens with zero attached hydrogens (tertiary/aromatic N) is 2. The molecule has 0 spiro atoms. The summed E-state index contributed by atoms with van der Waals surface area (Å²) < 4.78 is 0. The van der Waals surface area contributed by atoms with Crippen LogP contribution in [0.1, 0.15) is 47.0 Å². The monoisotopic (exact) mass is 257 g/mol. The molecule has 0 heterocycles. The molecule has 0 aromatic carbocycles. The summed E-state index contributed by atoms with van der Waals surface area (Å²) in [5.41, 5.74) is 6.06. The molecular formula is C15H35N3. The van der Waals surface area contributed by atoms with Gasteiger partial charge in [0.15, 0.2) is 0 Å². The van der Waals surface area contributed by atoms with Gasteiger partial charge < -0.3 is 10.6 Å². The quantitative estimate of drug-likeness (QED) is 0.652. The van der Waals surface area contributed by atoms with E-state index in [1.54, 1.807) is 0 Å². The third-order valence-corrected chi connectivity index (χ3v) is 3.78. The molecule has 0 aliphatic carbocycles. The maximum Gasteiger partial charge on any atom is 0.0194 e. The van der Waals surface area contributed by atoms with Gasteiger partial charge in [-0.3, -0.25) is 4.90 Å². The summed E-state index contributed by atoms with van der Waals surface area (Å²) in [6.07, 6.45) is 3.68. The van der Waals surface area contributed by atoms with E-state index in [-0.39, 0.29) is 0 Å². The summed E-state index contributed by atoms with van der Waals surface area (Å²) >= 11 is 0. The summed E-state index contributed by atoms with van der Waals surface area (Å²) in [4.78, 5) is 4.85. The Morgan fingerprint density at radius 1 is 1.17 bits per heavy atom. The largest absolute Gasteiger partial charge is 0.330 e. The lowest BCUT2D eigenvalue weighted by atomic mass is 9.84. The molecule has 1 atom stereocenters. The van der Waals surface area contributed by atoms with E-state index < -0.39 is 0 Å². The highest BCUT2D eigenvalue weighted by Gasteiger charge is 2.18. The fraction of sp³-hybridized carbons (Fsp3) is 1.00. The Balaban J connectivity index is 4.00. The fourth-order valence-corrected chi connectivity index (χ4v) is 2.61. The van der Waals surface area contributed by atoms with Gasteiger partial charge in [-0.25, -0.2) is 0 Å². The molecule has 0 radical (unpaired) electrons. The second-order valence-electron chi connectivity index (χ2n) is 6.55. The molecule has 0 saturated carbocycles. The average molecular weight is 257 g/mol. The molecule has 3 nitrogen and oxygen atoms in total. The first-order valence-corrected chi connectivity index (χ1v) is 7.41. The lowest BCUT2D eigenvalue weighted by molar-refractivity contribution is 0.168. The molecule has 0 aromatic rings. The Hall–Kier alpha value is -0.120. The number of hydrogen-bond donors (Lipinski definition) is 1. The summed E-state index contributed by atoms with van der Waals surface area (Å²) in [5, 5.41) is 0. The van der Waals surface area contributed by atoms with Crippen molar-refractivity contribution in [3.63, 3.8) is 0 Å². The lowest BCUT2D eigenvalue weighted by Crippen LogP contribution is -2.40. The van der Waals surface area contributed by atoms with Gasteiger partial charge in [-0.05, 0) is 65.3 Å². The van der Waals surface area contributed by atoms with Crippen molar-refractivity contribution >= 4 is 0 Å². The summed E-state index contributed by atoms with van der Waals surface area (Å²) in [7, 11) is 4.30. The van der Waals surface area contributed by atoms with Gasteiger partial charge >= 0.3 is 0 Å². The molecule has 2 N–H and O–H groups in total. The zero-order valence-electron chi connectivity index (χ0n) is 13.5. The van der Waals surface area contributed by atoms with Gasteiger partial charge in [-0.2, -0.15) is 0 Å². The van der Waals surface area contributed by atoms with Crippen molar-refractivity contribution in [1.82, 2.24) is 9.80 Å². The molecule has 0 amide bonds. The Kier molecular flexibility index (Phi) is 8.83. The van der Waals surface area contributed by atoms with Crippen LogP contribution in [0, 0.1) is 5.41 Å². The molecule has 0 saturated heterocycles. The van der Waals surface area contributed by atoms with Gasteiger partial charge in [0.2, 0.25) is 0 Å². The zero-order valence-corrected chi connectivity index (χ0v) is 13.5. The highest BCUT2D eigenvalue weighted by atomic mass is 15.2. The van der Waals surface area contributed by atoms with Crippen LogP contribution in [0.4, 0.5) is 0 Å². The third-order valence-electron chi connectivity index (χ3n) is 3.78. The van der Waals surface area contributed by atoms with Crippen LogP contribution < -0.4 is 5.73 Å². The Morgan fingerprint density at radius 2 is 1.78 bits per heavy atom. The van der Waals surface area contributed by atoms with E-state index in [0.717, 1.165) is 26.1 Å². The van der Waals surface area contributed by atoms with Crippen LogP contribution in [0.2, 0.25) is 0 Å². The van der Waals surface area contributed by atoms with Gasteiger partial charge in [0.05, 0.1) is 0 Å². The van der Waals surface area contributed by atoms with Crippen molar-refractivity contribution < 1.29 is 0 Å². The second-order valence-corrected chi connectivity index (χ2v) is 6.55. The Bertz CT molecular complexity index is 202. The smallest absolute Gasteiger partial charge is 0.0194 e. The standard InChI is InChI=1S/C15H35N3/c1-7-18(14(2)13-17(5)6)12-8-9-15(3,4)10-11-16/h14H,7-13,16H2,1-6H3. The van der Waals surface area contributed by atoms with Crippen molar-refractivity contribution in [1.29, 1.82) is 0 Å². The molecule has 0 aromatic heterocycles. The summed E-state index contributed by atoms with van der Waals surface area (Å²) in [6, 6.07) is 0.641. The van der Waals surface area contributed by atoms with E-state index in [1.807, 2.05) is 0 Å². The molecule has 0 rings (SSSR count). The first-order valence-electron chi connectivity index (χ1n) is 7.41. The minimum atomic E-state index is 0.402.